The summed E-state index contributed by atoms with van der Waals surface area (Å²) in [5.74, 6) is 0. The Morgan fingerprint density at radius 2 is 0.667 bits per heavy atom. The zero-order chi connectivity index (χ0) is 2.00. The first-order chi connectivity index (χ1) is 1.00. The minimum atomic E-state index is 0. The molecule has 0 aromatic rings. The summed E-state index contributed by atoms with van der Waals surface area (Å²) < 4.78 is 8.19. The van der Waals surface area contributed by atoms with Gasteiger partial charge in [0.2, 0.25) is 0 Å². The normalized spacial score (nSPS) is 0.500. The van der Waals surface area contributed by atoms with E-state index in [9.17, 15) is 0 Å². The Labute approximate surface area is 70.5 Å². The Morgan fingerprint density at radius 3 is 0.667 bits per heavy atom. The summed E-state index contributed by atoms with van der Waals surface area (Å²) in [6.07, 6.45) is 0. The first-order valence-corrected chi connectivity index (χ1v) is 0.753. The standard InChI is InChI=1S/4ClH.O.V/h4*1H;;. The molecule has 0 atom stereocenters. The Morgan fingerprint density at radius 1 is 0.667 bits per heavy atom. The van der Waals surface area contributed by atoms with Crippen molar-refractivity contribution >= 4 is 49.6 Å². The summed E-state index contributed by atoms with van der Waals surface area (Å²) in [7, 11) is 0. The maximum absolute atomic E-state index is 8.19. The monoisotopic (exact) mass is 211 g/mol. The van der Waals surface area contributed by atoms with Crippen LogP contribution in [0.2, 0.25) is 0 Å². The van der Waals surface area contributed by atoms with Crippen LogP contribution in [0.25, 0.3) is 0 Å². The molecule has 0 radical (unpaired) electrons. The molecule has 6 heteroatoms. The van der Waals surface area contributed by atoms with Crippen molar-refractivity contribution in [1.82, 2.24) is 0 Å². The van der Waals surface area contributed by atoms with Crippen molar-refractivity contribution in [3.05, 3.63) is 0 Å². The number of rotatable bonds is 0. The summed E-state index contributed by atoms with van der Waals surface area (Å²) in [5.41, 5.74) is 0. The molecular weight excluding hydrogens is 209 g/mol. The van der Waals surface area contributed by atoms with E-state index >= 15 is 0 Å². The van der Waals surface area contributed by atoms with E-state index in [1.54, 1.807) is 0 Å². The van der Waals surface area contributed by atoms with Crippen molar-refractivity contribution in [2.75, 3.05) is 0 Å². The Balaban J connectivity index is -0.000000000833. The Kier molecular flexibility index (Phi) is 702. The molecule has 0 saturated heterocycles. The molecule has 6 heavy (non-hydrogen) atoms. The van der Waals surface area contributed by atoms with E-state index in [2.05, 4.69) is 0 Å². The van der Waals surface area contributed by atoms with Crippen molar-refractivity contribution in [3.8, 4) is 0 Å². The predicted octanol–water partition coefficient (Wildman–Crippen LogP) is 1.57. The molecule has 0 bridgehead atoms. The molecule has 0 amide bonds. The second-order valence-electron chi connectivity index (χ2n) is 0. The van der Waals surface area contributed by atoms with E-state index in [0.717, 1.165) is 17.4 Å². The van der Waals surface area contributed by atoms with Crippen LogP contribution < -0.4 is 0 Å². The van der Waals surface area contributed by atoms with Crippen LogP contribution in [0.3, 0.4) is 0 Å². The second kappa shape index (κ2) is 84.3. The summed E-state index contributed by atoms with van der Waals surface area (Å²) in [5, 5.41) is 0. The molecule has 0 aromatic carbocycles. The molecule has 0 aliphatic heterocycles. The summed E-state index contributed by atoms with van der Waals surface area (Å²) >= 11 is 1.06. The van der Waals surface area contributed by atoms with Crippen LogP contribution >= 0.6 is 49.6 Å². The van der Waals surface area contributed by atoms with Crippen molar-refractivity contribution in [2.24, 2.45) is 0 Å². The first-order valence-electron chi connectivity index (χ1n) is 0.183. The van der Waals surface area contributed by atoms with Crippen molar-refractivity contribution in [1.29, 1.82) is 0 Å². The van der Waals surface area contributed by atoms with Crippen LogP contribution in [0.1, 0.15) is 0 Å². The molecule has 43 valence electrons. The van der Waals surface area contributed by atoms with Crippen LogP contribution in [0, 0.1) is 0 Å². The van der Waals surface area contributed by atoms with Gasteiger partial charge in [-0.05, 0) is 0 Å². The SMILES string of the molecule is Cl.Cl.Cl.Cl.[O]=[V]. The van der Waals surface area contributed by atoms with E-state index in [-0.39, 0.29) is 49.6 Å². The van der Waals surface area contributed by atoms with E-state index in [1.165, 1.54) is 0 Å². The number of hydrogen-bond acceptors (Lipinski definition) is 1. The summed E-state index contributed by atoms with van der Waals surface area (Å²) in [4.78, 5) is 0. The van der Waals surface area contributed by atoms with Gasteiger partial charge in [-0.15, -0.1) is 49.6 Å². The van der Waals surface area contributed by atoms with Crippen LogP contribution in [0.4, 0.5) is 0 Å². The molecule has 1 nitrogen and oxygen atoms in total. The summed E-state index contributed by atoms with van der Waals surface area (Å²) in [6, 6.07) is 0. The molecule has 0 heterocycles. The van der Waals surface area contributed by atoms with Gasteiger partial charge in [0.05, 0.1) is 0 Å². The molecule has 0 aliphatic carbocycles. The van der Waals surface area contributed by atoms with Gasteiger partial charge < -0.3 is 0 Å². The summed E-state index contributed by atoms with van der Waals surface area (Å²) in [6.45, 7) is 0. The molecule has 0 unspecified atom stereocenters. The first kappa shape index (κ1) is 49.9. The molecule has 0 rings (SSSR count). The van der Waals surface area contributed by atoms with Gasteiger partial charge in [-0.1, -0.05) is 0 Å². The van der Waals surface area contributed by atoms with Crippen LogP contribution in [-0.2, 0) is 21.0 Å². The van der Waals surface area contributed by atoms with E-state index in [4.69, 9.17) is 3.67 Å². The number of halogens is 4. The molecule has 0 fully saturated rings. The Bertz CT molecular complexity index is 7.51. The third-order valence-electron chi connectivity index (χ3n) is 0. The van der Waals surface area contributed by atoms with E-state index in [1.807, 2.05) is 0 Å². The minimum absolute atomic E-state index is 0. The van der Waals surface area contributed by atoms with Gasteiger partial charge in [-0.2, -0.15) is 0 Å². The fraction of sp³-hybridized carbons (Fsp3) is 0. The Hall–Kier alpha value is 1.54. The van der Waals surface area contributed by atoms with Crippen LogP contribution in [-0.4, -0.2) is 0 Å². The van der Waals surface area contributed by atoms with E-state index < -0.39 is 0 Å². The molecule has 0 saturated carbocycles. The quantitative estimate of drug-likeness (QED) is 0.596. The molecule has 0 aromatic heterocycles. The zero-order valence-corrected chi connectivity index (χ0v) is 7.15. The van der Waals surface area contributed by atoms with Gasteiger partial charge in [0.1, 0.15) is 0 Å². The van der Waals surface area contributed by atoms with Gasteiger partial charge in [0.15, 0.2) is 0 Å². The van der Waals surface area contributed by atoms with Gasteiger partial charge in [0, 0.05) is 0 Å². The van der Waals surface area contributed by atoms with Gasteiger partial charge >= 0.3 is 21.0 Å². The topological polar surface area (TPSA) is 17.1 Å². The molecule has 0 aliphatic rings. The van der Waals surface area contributed by atoms with Gasteiger partial charge in [0.25, 0.3) is 0 Å². The molecular formula is H4Cl4OV. The second-order valence-corrected chi connectivity index (χ2v) is 0. The molecule has 0 spiro atoms. The average molecular weight is 213 g/mol. The van der Waals surface area contributed by atoms with E-state index in [0.29, 0.717) is 0 Å². The van der Waals surface area contributed by atoms with Crippen molar-refractivity contribution in [2.45, 2.75) is 0 Å². The maximum atomic E-state index is 8.19. The predicted molar refractivity (Wildman–Crippen MR) is 29.7 cm³/mol. The van der Waals surface area contributed by atoms with Gasteiger partial charge in [-0.3, -0.25) is 0 Å². The zero-order valence-electron chi connectivity index (χ0n) is 2.49. The third-order valence-corrected chi connectivity index (χ3v) is 0. The van der Waals surface area contributed by atoms with Crippen LogP contribution in [0.5, 0.6) is 0 Å². The average Bonchev–Trinajstić information content (AvgIpc) is 1.00. The van der Waals surface area contributed by atoms with Gasteiger partial charge in [-0.25, -0.2) is 0 Å². The van der Waals surface area contributed by atoms with Crippen molar-refractivity contribution in [3.63, 3.8) is 0 Å². The number of hydrogen-bond donors (Lipinski definition) is 0. The fourth-order valence-corrected chi connectivity index (χ4v) is 0. The van der Waals surface area contributed by atoms with Crippen molar-refractivity contribution < 1.29 is 21.0 Å². The van der Waals surface area contributed by atoms with Crippen LogP contribution in [0.15, 0.2) is 0 Å². The molecule has 0 N–H and O–H groups in total. The third kappa shape index (κ3) is 48.0. The fourth-order valence-electron chi connectivity index (χ4n) is 0.